The van der Waals surface area contributed by atoms with E-state index in [1.54, 1.807) is 30.3 Å². The minimum absolute atomic E-state index is 0.0715. The van der Waals surface area contributed by atoms with E-state index in [1.165, 1.54) is 24.3 Å². The number of hydrogen-bond acceptors (Lipinski definition) is 6. The standard InChI is InChI=1S/C21H14F3N5O3/c22-21(23,24)20-28-15-7-3-4-8-16(15)29(20)10-18(31)32-11-17(30)12(9-25)19-26-13-5-1-2-6-14(13)27-19/h1-8,30H,10-11H2,(H,26,27)/b17-12+. The molecule has 0 fully saturated rings. The van der Waals surface area contributed by atoms with Gasteiger partial charge in [-0.05, 0) is 24.3 Å². The van der Waals surface area contributed by atoms with Crippen LogP contribution in [-0.2, 0) is 22.3 Å². The number of alkyl halides is 3. The number of esters is 1. The molecule has 0 bridgehead atoms. The molecule has 0 radical (unpaired) electrons. The zero-order chi connectivity index (χ0) is 22.9. The first-order chi connectivity index (χ1) is 15.3. The number of aromatic nitrogens is 4. The van der Waals surface area contributed by atoms with Gasteiger partial charge in [0.2, 0.25) is 5.82 Å². The second kappa shape index (κ2) is 8.07. The van der Waals surface area contributed by atoms with Gasteiger partial charge in [-0.3, -0.25) is 4.79 Å². The molecule has 2 aromatic carbocycles. The fraction of sp³-hybridized carbons (Fsp3) is 0.143. The maximum Gasteiger partial charge on any atom is 0.449 e. The highest BCUT2D eigenvalue weighted by Gasteiger charge is 2.38. The van der Waals surface area contributed by atoms with Crippen LogP contribution in [0.5, 0.6) is 0 Å². The second-order valence-corrected chi connectivity index (χ2v) is 6.70. The van der Waals surface area contributed by atoms with Crippen molar-refractivity contribution in [1.82, 2.24) is 19.5 Å². The maximum atomic E-state index is 13.3. The summed E-state index contributed by atoms with van der Waals surface area (Å²) in [6.45, 7) is -1.50. The molecule has 0 aliphatic heterocycles. The van der Waals surface area contributed by atoms with Crippen molar-refractivity contribution in [2.75, 3.05) is 6.61 Å². The van der Waals surface area contributed by atoms with Gasteiger partial charge >= 0.3 is 12.1 Å². The number of nitriles is 1. The van der Waals surface area contributed by atoms with Gasteiger partial charge in [0.1, 0.15) is 24.8 Å². The molecule has 0 saturated carbocycles. The lowest BCUT2D eigenvalue weighted by atomic mass is 10.2. The molecular weight excluding hydrogens is 427 g/mol. The van der Waals surface area contributed by atoms with Gasteiger partial charge in [-0.2, -0.15) is 18.4 Å². The molecule has 0 unspecified atom stereocenters. The molecule has 0 aliphatic carbocycles. The van der Waals surface area contributed by atoms with Crippen molar-refractivity contribution < 1.29 is 27.8 Å². The number of aliphatic hydroxyl groups excluding tert-OH is 1. The number of ether oxygens (including phenoxy) is 1. The molecule has 0 saturated heterocycles. The van der Waals surface area contributed by atoms with E-state index in [-0.39, 0.29) is 22.4 Å². The van der Waals surface area contributed by atoms with Gasteiger partial charge in [-0.15, -0.1) is 0 Å². The van der Waals surface area contributed by atoms with E-state index in [0.29, 0.717) is 15.6 Å². The van der Waals surface area contributed by atoms with Gasteiger partial charge in [-0.1, -0.05) is 24.3 Å². The molecule has 4 aromatic rings. The average Bonchev–Trinajstić information content (AvgIpc) is 3.34. The molecule has 2 heterocycles. The summed E-state index contributed by atoms with van der Waals surface area (Å²) in [5.74, 6) is -2.81. The third-order valence-electron chi connectivity index (χ3n) is 4.59. The largest absolute Gasteiger partial charge is 0.507 e. The summed E-state index contributed by atoms with van der Waals surface area (Å²) in [5, 5.41) is 19.6. The average molecular weight is 441 g/mol. The van der Waals surface area contributed by atoms with E-state index in [1.807, 2.05) is 0 Å². The van der Waals surface area contributed by atoms with Crippen LogP contribution >= 0.6 is 0 Å². The summed E-state index contributed by atoms with van der Waals surface area (Å²) in [6.07, 6.45) is -4.78. The smallest absolute Gasteiger partial charge is 0.449 e. The Morgan fingerprint density at radius 2 is 1.81 bits per heavy atom. The number of benzene rings is 2. The van der Waals surface area contributed by atoms with Crippen LogP contribution in [0.25, 0.3) is 27.6 Å². The number of H-pyrrole nitrogens is 1. The van der Waals surface area contributed by atoms with Crippen molar-refractivity contribution in [2.24, 2.45) is 0 Å². The Balaban J connectivity index is 1.54. The summed E-state index contributed by atoms with van der Waals surface area (Å²) in [5.41, 5.74) is 1.13. The van der Waals surface area contributed by atoms with Crippen LogP contribution in [0.15, 0.2) is 54.3 Å². The molecule has 0 spiro atoms. The minimum atomic E-state index is -4.78. The third-order valence-corrected chi connectivity index (χ3v) is 4.59. The third kappa shape index (κ3) is 3.98. The lowest BCUT2D eigenvalue weighted by molar-refractivity contribution is -0.150. The number of fused-ring (bicyclic) bond motifs is 2. The number of carbonyl (C=O) groups excluding carboxylic acids is 1. The molecule has 8 nitrogen and oxygen atoms in total. The number of aromatic amines is 1. The SMILES string of the molecule is N#C/C(=C(\O)COC(=O)Cn1c(C(F)(F)F)nc2ccccc21)c1nc2ccccc2[nH]1. The number of carbonyl (C=O) groups is 1. The molecule has 4 rings (SSSR count). The fourth-order valence-corrected chi connectivity index (χ4v) is 3.17. The second-order valence-electron chi connectivity index (χ2n) is 6.70. The molecule has 162 valence electrons. The highest BCUT2D eigenvalue weighted by Crippen LogP contribution is 2.31. The van der Waals surface area contributed by atoms with Crippen molar-refractivity contribution in [1.29, 1.82) is 5.26 Å². The number of nitrogens with one attached hydrogen (secondary N) is 1. The van der Waals surface area contributed by atoms with Crippen LogP contribution in [-0.4, -0.2) is 37.2 Å². The van der Waals surface area contributed by atoms with Gasteiger partial charge in [0.15, 0.2) is 11.6 Å². The topological polar surface area (TPSA) is 117 Å². The number of allylic oxidation sites excluding steroid dienone is 1. The Kier molecular flexibility index (Phi) is 5.28. The van der Waals surface area contributed by atoms with Crippen LogP contribution in [0.1, 0.15) is 11.6 Å². The molecule has 11 heteroatoms. The summed E-state index contributed by atoms with van der Waals surface area (Å²) in [6, 6.07) is 14.6. The molecule has 0 amide bonds. The van der Waals surface area contributed by atoms with E-state index in [4.69, 9.17) is 4.74 Å². The molecule has 0 aliphatic rings. The molecule has 2 N–H and O–H groups in total. The highest BCUT2D eigenvalue weighted by atomic mass is 19.4. The van der Waals surface area contributed by atoms with Crippen molar-refractivity contribution in [2.45, 2.75) is 12.7 Å². The fourth-order valence-electron chi connectivity index (χ4n) is 3.17. The number of hydrogen-bond donors (Lipinski definition) is 2. The molecule has 2 aromatic heterocycles. The zero-order valence-electron chi connectivity index (χ0n) is 16.2. The number of para-hydroxylation sites is 4. The van der Waals surface area contributed by atoms with Gasteiger partial charge in [0, 0.05) is 0 Å². The summed E-state index contributed by atoms with van der Waals surface area (Å²) in [7, 11) is 0. The van der Waals surface area contributed by atoms with E-state index < -0.39 is 36.9 Å². The van der Waals surface area contributed by atoms with E-state index in [9.17, 15) is 28.3 Å². The first-order valence-corrected chi connectivity index (χ1v) is 9.23. The van der Waals surface area contributed by atoms with Gasteiger partial charge < -0.3 is 19.4 Å². The van der Waals surface area contributed by atoms with Crippen LogP contribution in [0.2, 0.25) is 0 Å². The first-order valence-electron chi connectivity index (χ1n) is 9.23. The normalized spacial score (nSPS) is 12.6. The maximum absolute atomic E-state index is 13.3. The number of rotatable bonds is 5. The van der Waals surface area contributed by atoms with Crippen LogP contribution in [0.3, 0.4) is 0 Å². The predicted octanol–water partition coefficient (Wildman–Crippen LogP) is 3.97. The van der Waals surface area contributed by atoms with Crippen molar-refractivity contribution in [3.05, 3.63) is 65.9 Å². The summed E-state index contributed by atoms with van der Waals surface area (Å²) < 4.78 is 45.7. The Morgan fingerprint density at radius 1 is 1.12 bits per heavy atom. The van der Waals surface area contributed by atoms with Crippen molar-refractivity contribution in [3.63, 3.8) is 0 Å². The predicted molar refractivity (Wildman–Crippen MR) is 107 cm³/mol. The van der Waals surface area contributed by atoms with Crippen molar-refractivity contribution >= 4 is 33.6 Å². The molecular formula is C21H14F3N5O3. The van der Waals surface area contributed by atoms with E-state index >= 15 is 0 Å². The van der Waals surface area contributed by atoms with E-state index in [2.05, 4.69) is 15.0 Å². The Morgan fingerprint density at radius 3 is 2.50 bits per heavy atom. The van der Waals surface area contributed by atoms with Gasteiger partial charge in [0.25, 0.3) is 0 Å². The Bertz CT molecular complexity index is 1360. The lowest BCUT2D eigenvalue weighted by Gasteiger charge is -2.11. The monoisotopic (exact) mass is 441 g/mol. The Labute approximate surface area is 178 Å². The quantitative estimate of drug-likeness (QED) is 0.275. The molecule has 0 atom stereocenters. The number of aliphatic hydroxyl groups is 1. The summed E-state index contributed by atoms with van der Waals surface area (Å²) in [4.78, 5) is 22.9. The van der Waals surface area contributed by atoms with Crippen LogP contribution in [0.4, 0.5) is 13.2 Å². The minimum Gasteiger partial charge on any atom is -0.507 e. The summed E-state index contributed by atoms with van der Waals surface area (Å²) >= 11 is 0. The number of halogens is 3. The van der Waals surface area contributed by atoms with Gasteiger partial charge in [-0.25, -0.2) is 9.97 Å². The van der Waals surface area contributed by atoms with Gasteiger partial charge in [0.05, 0.1) is 22.1 Å². The van der Waals surface area contributed by atoms with Crippen LogP contribution in [0, 0.1) is 11.3 Å². The molecule has 32 heavy (non-hydrogen) atoms. The highest BCUT2D eigenvalue weighted by molar-refractivity contribution is 5.83. The van der Waals surface area contributed by atoms with Crippen molar-refractivity contribution in [3.8, 4) is 6.07 Å². The van der Waals surface area contributed by atoms with E-state index in [0.717, 1.165) is 0 Å². The zero-order valence-corrected chi connectivity index (χ0v) is 16.2. The van der Waals surface area contributed by atoms with Crippen LogP contribution < -0.4 is 0 Å². The Hall–Kier alpha value is -4.33. The first kappa shape index (κ1) is 20.9. The lowest BCUT2D eigenvalue weighted by Crippen LogP contribution is -2.21. The number of nitrogens with zero attached hydrogens (tertiary/aromatic N) is 4. The number of imidazole rings is 2.